The van der Waals surface area contributed by atoms with Crippen molar-refractivity contribution in [3.05, 3.63) is 0 Å². The van der Waals surface area contributed by atoms with Gasteiger partial charge in [-0.05, 0) is 13.5 Å². The van der Waals surface area contributed by atoms with Gasteiger partial charge in [-0.15, -0.1) is 11.8 Å². The number of thioether (sulfide) groups is 1. The quantitative estimate of drug-likeness (QED) is 0.285. The van der Waals surface area contributed by atoms with Crippen molar-refractivity contribution in [2.75, 3.05) is 18.8 Å². The highest BCUT2D eigenvalue weighted by atomic mass is 32.2. The van der Waals surface area contributed by atoms with Crippen molar-refractivity contribution < 1.29 is 4.79 Å². The van der Waals surface area contributed by atoms with Crippen LogP contribution in [0.25, 0.3) is 0 Å². The minimum atomic E-state index is 0.104. The Morgan fingerprint density at radius 2 is 2.25 bits per heavy atom. The summed E-state index contributed by atoms with van der Waals surface area (Å²) in [6.45, 7) is 2.02. The van der Waals surface area contributed by atoms with Gasteiger partial charge in [-0.3, -0.25) is 10.1 Å². The Kier molecular flexibility index (Phi) is 8.64. The molecule has 12 heavy (non-hydrogen) atoms. The van der Waals surface area contributed by atoms with E-state index < -0.39 is 0 Å². The average molecular weight is 191 g/mol. The first-order chi connectivity index (χ1) is 5.85. The number of nitrogens with one attached hydrogen (secondary N) is 3. The van der Waals surface area contributed by atoms with Crippen molar-refractivity contribution >= 4 is 18.2 Å². The van der Waals surface area contributed by atoms with Gasteiger partial charge in [0.15, 0.2) is 0 Å². The second-order valence-electron chi connectivity index (χ2n) is 2.30. The van der Waals surface area contributed by atoms with Gasteiger partial charge >= 0.3 is 0 Å². The van der Waals surface area contributed by atoms with Gasteiger partial charge in [-0.25, -0.2) is 0 Å². The smallest absolute Gasteiger partial charge is 0.208 e. The molecule has 0 saturated carbocycles. The van der Waals surface area contributed by atoms with Crippen LogP contribution < -0.4 is 16.0 Å². The van der Waals surface area contributed by atoms with Crippen LogP contribution in [0.2, 0.25) is 0 Å². The van der Waals surface area contributed by atoms with Gasteiger partial charge in [0.1, 0.15) is 0 Å². The molecule has 0 spiro atoms. The van der Waals surface area contributed by atoms with Gasteiger partial charge in [0.25, 0.3) is 0 Å². The van der Waals surface area contributed by atoms with Gasteiger partial charge in [-0.2, -0.15) is 0 Å². The number of carbonyl (C=O) groups excluding carboxylic acids is 1. The summed E-state index contributed by atoms with van der Waals surface area (Å²) in [6, 6.07) is 0. The molecule has 0 aliphatic heterocycles. The molecule has 0 aromatic rings. The second-order valence-corrected chi connectivity index (χ2v) is 3.28. The molecule has 1 atom stereocenters. The molecule has 0 aromatic heterocycles. The van der Waals surface area contributed by atoms with Crippen LogP contribution in [0.15, 0.2) is 0 Å². The molecule has 5 heteroatoms. The van der Waals surface area contributed by atoms with Crippen molar-refractivity contribution in [3.8, 4) is 0 Å². The highest BCUT2D eigenvalue weighted by Gasteiger charge is 2.00. The number of hydrogen-bond donors (Lipinski definition) is 3. The number of carbonyl (C=O) groups is 1. The third-order valence-corrected chi connectivity index (χ3v) is 2.22. The molecule has 0 aromatic carbocycles. The number of amides is 1. The molecule has 0 rings (SSSR count). The Bertz CT molecular complexity index is 113. The minimum Gasteiger partial charge on any atom is -0.343 e. The van der Waals surface area contributed by atoms with Crippen LogP contribution in [-0.4, -0.2) is 31.4 Å². The largest absolute Gasteiger partial charge is 0.343 e. The van der Waals surface area contributed by atoms with Crippen LogP contribution >= 0.6 is 11.8 Å². The molecular weight excluding hydrogens is 174 g/mol. The van der Waals surface area contributed by atoms with E-state index in [1.807, 2.05) is 14.0 Å². The first-order valence-corrected chi connectivity index (χ1v) is 5.16. The summed E-state index contributed by atoms with van der Waals surface area (Å²) in [5.41, 5.74) is 0. The molecule has 0 radical (unpaired) electrons. The lowest BCUT2D eigenvalue weighted by Crippen LogP contribution is -2.40. The van der Waals surface area contributed by atoms with Gasteiger partial charge < -0.3 is 10.6 Å². The highest BCUT2D eigenvalue weighted by Crippen LogP contribution is 1.94. The molecule has 0 heterocycles. The third kappa shape index (κ3) is 6.45. The van der Waals surface area contributed by atoms with Gasteiger partial charge in [0.2, 0.25) is 6.41 Å². The predicted molar refractivity (Wildman–Crippen MR) is 52.8 cm³/mol. The first-order valence-electron chi connectivity index (χ1n) is 4.00. The van der Waals surface area contributed by atoms with Crippen LogP contribution in [0.5, 0.6) is 0 Å². The number of rotatable bonds is 8. The molecule has 0 unspecified atom stereocenters. The van der Waals surface area contributed by atoms with E-state index in [2.05, 4.69) is 16.0 Å². The van der Waals surface area contributed by atoms with Gasteiger partial charge in [0, 0.05) is 11.8 Å². The summed E-state index contributed by atoms with van der Waals surface area (Å²) in [4.78, 5) is 10.1. The summed E-state index contributed by atoms with van der Waals surface area (Å²) < 4.78 is 0. The zero-order chi connectivity index (χ0) is 9.23. The van der Waals surface area contributed by atoms with Crippen LogP contribution in [0.1, 0.15) is 13.3 Å². The van der Waals surface area contributed by atoms with E-state index in [1.54, 1.807) is 11.8 Å². The van der Waals surface area contributed by atoms with Crippen molar-refractivity contribution in [2.24, 2.45) is 0 Å². The summed E-state index contributed by atoms with van der Waals surface area (Å²) in [6.07, 6.45) is 1.73. The third-order valence-electron chi connectivity index (χ3n) is 1.36. The average Bonchev–Trinajstić information content (AvgIpc) is 2.10. The topological polar surface area (TPSA) is 53.2 Å². The van der Waals surface area contributed by atoms with Gasteiger partial charge in [-0.1, -0.05) is 6.92 Å². The summed E-state index contributed by atoms with van der Waals surface area (Å²) in [7, 11) is 1.91. The summed E-state index contributed by atoms with van der Waals surface area (Å²) in [5.74, 6) is 1.77. The molecule has 3 N–H and O–H groups in total. The molecule has 0 fully saturated rings. The zero-order valence-electron chi connectivity index (χ0n) is 7.59. The maximum absolute atomic E-state index is 10.1. The monoisotopic (exact) mass is 191 g/mol. The fourth-order valence-electron chi connectivity index (χ4n) is 0.716. The van der Waals surface area contributed by atoms with E-state index in [9.17, 15) is 4.79 Å². The van der Waals surface area contributed by atoms with E-state index in [0.29, 0.717) is 0 Å². The SMILES string of the molecule is CC[C@@H](NC=O)NCSCNC. The van der Waals surface area contributed by atoms with Crippen molar-refractivity contribution in [3.63, 3.8) is 0 Å². The minimum absolute atomic E-state index is 0.104. The van der Waals surface area contributed by atoms with Crippen molar-refractivity contribution in [1.29, 1.82) is 0 Å². The molecule has 0 bridgehead atoms. The standard InChI is InChI=1S/C7H17N3OS/c1-3-7(9-4-11)10-6-12-5-8-2/h4,7-8,10H,3,5-6H2,1-2H3,(H,9,11)/t7-/m0/s1. The Balaban J connectivity index is 3.25. The van der Waals surface area contributed by atoms with Crippen LogP contribution in [0, 0.1) is 0 Å². The van der Waals surface area contributed by atoms with E-state index >= 15 is 0 Å². The van der Waals surface area contributed by atoms with Crippen LogP contribution in [-0.2, 0) is 4.79 Å². The maximum atomic E-state index is 10.1. The molecule has 0 aliphatic carbocycles. The molecule has 4 nitrogen and oxygen atoms in total. The van der Waals surface area contributed by atoms with E-state index in [-0.39, 0.29) is 6.17 Å². The normalized spacial score (nSPS) is 12.5. The fraction of sp³-hybridized carbons (Fsp3) is 0.857. The summed E-state index contributed by atoms with van der Waals surface area (Å²) >= 11 is 1.74. The van der Waals surface area contributed by atoms with Crippen molar-refractivity contribution in [1.82, 2.24) is 16.0 Å². The van der Waals surface area contributed by atoms with E-state index in [4.69, 9.17) is 0 Å². The Morgan fingerprint density at radius 1 is 1.50 bits per heavy atom. The lowest BCUT2D eigenvalue weighted by molar-refractivity contribution is -0.110. The molecular formula is C7H17N3OS. The van der Waals surface area contributed by atoms with E-state index in [1.165, 1.54) is 0 Å². The Hall–Kier alpha value is -0.260. The van der Waals surface area contributed by atoms with Crippen LogP contribution in [0.3, 0.4) is 0 Å². The first kappa shape index (κ1) is 11.7. The molecule has 1 amide bonds. The maximum Gasteiger partial charge on any atom is 0.208 e. The lowest BCUT2D eigenvalue weighted by atomic mass is 10.4. The molecule has 0 aliphatic rings. The summed E-state index contributed by atoms with van der Waals surface area (Å²) in [5, 5.41) is 8.89. The zero-order valence-corrected chi connectivity index (χ0v) is 8.41. The lowest BCUT2D eigenvalue weighted by Gasteiger charge is -2.14. The van der Waals surface area contributed by atoms with Crippen molar-refractivity contribution in [2.45, 2.75) is 19.5 Å². The molecule has 0 saturated heterocycles. The fourth-order valence-corrected chi connectivity index (χ4v) is 1.34. The van der Waals surface area contributed by atoms with Crippen LogP contribution in [0.4, 0.5) is 0 Å². The Morgan fingerprint density at radius 3 is 2.75 bits per heavy atom. The van der Waals surface area contributed by atoms with Gasteiger partial charge in [0.05, 0.1) is 6.17 Å². The highest BCUT2D eigenvalue weighted by molar-refractivity contribution is 7.99. The number of hydrogen-bond acceptors (Lipinski definition) is 4. The second kappa shape index (κ2) is 8.83. The Labute approximate surface area is 77.9 Å². The predicted octanol–water partition coefficient (Wildman–Crippen LogP) is -0.0743. The molecule has 72 valence electrons. The van der Waals surface area contributed by atoms with E-state index in [0.717, 1.165) is 24.6 Å².